The molecule has 118 valence electrons. The Morgan fingerprint density at radius 3 is 2.32 bits per heavy atom. The third kappa shape index (κ3) is 5.75. The molecule has 0 heterocycles. The lowest BCUT2D eigenvalue weighted by molar-refractivity contribution is 0.322. The van der Waals surface area contributed by atoms with Crippen molar-refractivity contribution >= 4 is 26.0 Å². The van der Waals surface area contributed by atoms with E-state index in [2.05, 4.69) is 20.7 Å². The second-order valence-electron chi connectivity index (χ2n) is 4.58. The van der Waals surface area contributed by atoms with Gasteiger partial charge in [-0.05, 0) is 42.0 Å². The molecule has 0 spiro atoms. The minimum Gasteiger partial charge on any atom is -0.492 e. The Balaban J connectivity index is 1.77. The summed E-state index contributed by atoms with van der Waals surface area (Å²) in [6, 6.07) is 12.6. The highest BCUT2D eigenvalue weighted by molar-refractivity contribution is 9.10. The largest absolute Gasteiger partial charge is 0.492 e. The maximum absolute atomic E-state index is 12.7. The molecule has 0 aliphatic heterocycles. The summed E-state index contributed by atoms with van der Waals surface area (Å²) in [6.45, 7) is 0.321. The zero-order valence-electron chi connectivity index (χ0n) is 11.6. The Kier molecular flexibility index (Phi) is 5.93. The molecule has 0 bridgehead atoms. The summed E-state index contributed by atoms with van der Waals surface area (Å²) >= 11 is 3.30. The van der Waals surface area contributed by atoms with E-state index in [1.807, 2.05) is 0 Å². The van der Waals surface area contributed by atoms with Gasteiger partial charge in [-0.3, -0.25) is 0 Å². The molecule has 1 N–H and O–H groups in total. The maximum Gasteiger partial charge on any atom is 0.215 e. The molecule has 7 heteroatoms. The molecule has 2 aromatic carbocycles. The fraction of sp³-hybridized carbons (Fsp3) is 0.200. The van der Waals surface area contributed by atoms with Gasteiger partial charge in [0.05, 0.1) is 5.75 Å². The summed E-state index contributed by atoms with van der Waals surface area (Å²) in [5.41, 5.74) is 0.704. The topological polar surface area (TPSA) is 55.4 Å². The van der Waals surface area contributed by atoms with E-state index in [4.69, 9.17) is 4.74 Å². The van der Waals surface area contributed by atoms with Crippen LogP contribution in [0.3, 0.4) is 0 Å². The third-order valence-electron chi connectivity index (χ3n) is 2.78. The molecule has 2 rings (SSSR count). The van der Waals surface area contributed by atoms with Gasteiger partial charge in [0.2, 0.25) is 10.0 Å². The standard InChI is InChI=1S/C15H15BrFNO3S/c16-13-3-1-12(2-4-13)11-22(19,20)18-9-10-21-15-7-5-14(17)6-8-15/h1-8,18H,9-11H2. The normalized spacial score (nSPS) is 11.4. The Hall–Kier alpha value is -1.44. The van der Waals surface area contributed by atoms with E-state index in [1.54, 1.807) is 24.3 Å². The summed E-state index contributed by atoms with van der Waals surface area (Å²) in [5.74, 6) is 0.0626. The van der Waals surface area contributed by atoms with E-state index in [0.717, 1.165) is 4.47 Å². The molecular weight excluding hydrogens is 373 g/mol. The predicted molar refractivity (Wildman–Crippen MR) is 86.7 cm³/mol. The quantitative estimate of drug-likeness (QED) is 0.742. The van der Waals surface area contributed by atoms with Gasteiger partial charge in [0.15, 0.2) is 0 Å². The highest BCUT2D eigenvalue weighted by atomic mass is 79.9. The first kappa shape index (κ1) is 16.9. The lowest BCUT2D eigenvalue weighted by Gasteiger charge is -2.08. The van der Waals surface area contributed by atoms with Gasteiger partial charge >= 0.3 is 0 Å². The van der Waals surface area contributed by atoms with Gasteiger partial charge in [-0.2, -0.15) is 0 Å². The zero-order chi connectivity index (χ0) is 16.0. The van der Waals surface area contributed by atoms with Crippen LogP contribution in [0.15, 0.2) is 53.0 Å². The number of nitrogens with one attached hydrogen (secondary N) is 1. The van der Waals surface area contributed by atoms with Crippen molar-refractivity contribution in [3.05, 3.63) is 64.4 Å². The molecular formula is C15H15BrFNO3S. The van der Waals surface area contributed by atoms with Crippen molar-refractivity contribution in [3.8, 4) is 5.75 Å². The van der Waals surface area contributed by atoms with E-state index in [9.17, 15) is 12.8 Å². The van der Waals surface area contributed by atoms with Gasteiger partial charge in [0.25, 0.3) is 0 Å². The first-order valence-electron chi connectivity index (χ1n) is 6.55. The highest BCUT2D eigenvalue weighted by Gasteiger charge is 2.10. The van der Waals surface area contributed by atoms with E-state index in [-0.39, 0.29) is 24.7 Å². The molecule has 4 nitrogen and oxygen atoms in total. The minimum absolute atomic E-state index is 0.0865. The van der Waals surface area contributed by atoms with Gasteiger partial charge in [-0.15, -0.1) is 0 Å². The van der Waals surface area contributed by atoms with Crippen LogP contribution in [0, 0.1) is 5.82 Å². The van der Waals surface area contributed by atoms with E-state index in [0.29, 0.717) is 11.3 Å². The van der Waals surface area contributed by atoms with Gasteiger partial charge in [0.1, 0.15) is 18.2 Å². The average molecular weight is 388 g/mol. The fourth-order valence-electron chi connectivity index (χ4n) is 1.75. The Morgan fingerprint density at radius 1 is 1.05 bits per heavy atom. The smallest absolute Gasteiger partial charge is 0.215 e. The molecule has 0 unspecified atom stereocenters. The predicted octanol–water partition coefficient (Wildman–Crippen LogP) is 3.09. The highest BCUT2D eigenvalue weighted by Crippen LogP contribution is 2.13. The van der Waals surface area contributed by atoms with Crippen LogP contribution in [0.1, 0.15) is 5.56 Å². The summed E-state index contributed by atoms with van der Waals surface area (Å²) in [5, 5.41) is 0. The van der Waals surface area contributed by atoms with E-state index in [1.165, 1.54) is 24.3 Å². The first-order chi connectivity index (χ1) is 10.4. The van der Waals surface area contributed by atoms with Crippen LogP contribution in [-0.2, 0) is 15.8 Å². The second-order valence-corrected chi connectivity index (χ2v) is 7.30. The molecule has 0 fully saturated rings. The third-order valence-corrected chi connectivity index (χ3v) is 4.66. The van der Waals surface area contributed by atoms with Gasteiger partial charge in [-0.1, -0.05) is 28.1 Å². The van der Waals surface area contributed by atoms with E-state index < -0.39 is 10.0 Å². The Labute approximate surface area is 137 Å². The number of halogens is 2. The van der Waals surface area contributed by atoms with Crippen molar-refractivity contribution in [2.45, 2.75) is 5.75 Å². The average Bonchev–Trinajstić information content (AvgIpc) is 2.48. The van der Waals surface area contributed by atoms with Crippen LogP contribution in [-0.4, -0.2) is 21.6 Å². The fourth-order valence-corrected chi connectivity index (χ4v) is 3.14. The maximum atomic E-state index is 12.7. The number of hydrogen-bond donors (Lipinski definition) is 1. The van der Waals surface area contributed by atoms with Crippen molar-refractivity contribution < 1.29 is 17.5 Å². The number of benzene rings is 2. The van der Waals surface area contributed by atoms with Crippen molar-refractivity contribution in [1.82, 2.24) is 4.72 Å². The molecule has 0 amide bonds. The van der Waals surface area contributed by atoms with Crippen LogP contribution in [0.5, 0.6) is 5.75 Å². The summed E-state index contributed by atoms with van der Waals surface area (Å²) < 4.78 is 45.2. The van der Waals surface area contributed by atoms with Crippen LogP contribution in [0.4, 0.5) is 4.39 Å². The lowest BCUT2D eigenvalue weighted by atomic mass is 10.2. The zero-order valence-corrected chi connectivity index (χ0v) is 14.0. The van der Waals surface area contributed by atoms with E-state index >= 15 is 0 Å². The number of sulfonamides is 1. The SMILES string of the molecule is O=S(=O)(Cc1ccc(Br)cc1)NCCOc1ccc(F)cc1. The van der Waals surface area contributed by atoms with Crippen LogP contribution >= 0.6 is 15.9 Å². The second kappa shape index (κ2) is 7.71. The van der Waals surface area contributed by atoms with Crippen LogP contribution < -0.4 is 9.46 Å². The van der Waals surface area contributed by atoms with Gasteiger partial charge in [-0.25, -0.2) is 17.5 Å². The van der Waals surface area contributed by atoms with Crippen LogP contribution in [0.2, 0.25) is 0 Å². The van der Waals surface area contributed by atoms with Crippen molar-refractivity contribution in [1.29, 1.82) is 0 Å². The molecule has 22 heavy (non-hydrogen) atoms. The van der Waals surface area contributed by atoms with Gasteiger partial charge < -0.3 is 4.74 Å². The molecule has 0 aromatic heterocycles. The van der Waals surface area contributed by atoms with Crippen molar-refractivity contribution in [2.24, 2.45) is 0 Å². The first-order valence-corrected chi connectivity index (χ1v) is 8.99. The molecule has 0 aliphatic rings. The Bertz CT molecular complexity index is 703. The monoisotopic (exact) mass is 387 g/mol. The molecule has 0 saturated heterocycles. The molecule has 2 aromatic rings. The summed E-state index contributed by atoms with van der Waals surface area (Å²) in [7, 11) is -3.41. The van der Waals surface area contributed by atoms with Gasteiger partial charge in [0, 0.05) is 11.0 Å². The van der Waals surface area contributed by atoms with Crippen molar-refractivity contribution in [2.75, 3.05) is 13.2 Å². The summed E-state index contributed by atoms with van der Waals surface area (Å²) in [6.07, 6.45) is 0. The molecule has 0 atom stereocenters. The Morgan fingerprint density at radius 2 is 1.68 bits per heavy atom. The molecule has 0 saturated carbocycles. The molecule has 0 radical (unpaired) electrons. The van der Waals surface area contributed by atoms with Crippen LogP contribution in [0.25, 0.3) is 0 Å². The minimum atomic E-state index is -3.41. The number of ether oxygens (including phenoxy) is 1. The molecule has 0 aliphatic carbocycles. The summed E-state index contributed by atoms with van der Waals surface area (Å²) in [4.78, 5) is 0. The number of hydrogen-bond acceptors (Lipinski definition) is 3. The number of rotatable bonds is 7. The van der Waals surface area contributed by atoms with Crippen molar-refractivity contribution in [3.63, 3.8) is 0 Å². The lowest BCUT2D eigenvalue weighted by Crippen LogP contribution is -2.29.